The van der Waals surface area contributed by atoms with Crippen LogP contribution in [0.2, 0.25) is 0 Å². The summed E-state index contributed by atoms with van der Waals surface area (Å²) in [6.07, 6.45) is -15.3. The molecule has 0 saturated heterocycles. The molecule has 0 atom stereocenters. The molecule has 0 saturated carbocycles. The average molecular weight is 290 g/mol. The van der Waals surface area contributed by atoms with Crippen LogP contribution in [0.3, 0.4) is 0 Å². The molecule has 0 bridgehead atoms. The molecule has 0 radical (unpaired) electrons. The molecule has 2 N–H and O–H groups in total. The number of hydrogen-bond donors (Lipinski definition) is 2. The molecule has 0 rings (SSSR count). The lowest BCUT2D eigenvalue weighted by Gasteiger charge is -2.14. The van der Waals surface area contributed by atoms with Gasteiger partial charge in [0.1, 0.15) is 5.83 Å². The highest BCUT2D eigenvalue weighted by molar-refractivity contribution is 7.56. The van der Waals surface area contributed by atoms with E-state index in [0.717, 1.165) is 0 Å². The topological polar surface area (TPSA) is 57.5 Å². The Kier molecular flexibility index (Phi) is 4.77. The highest BCUT2D eigenvalue weighted by Crippen LogP contribution is 2.52. The largest absolute Gasteiger partial charge is 0.395 e. The van der Waals surface area contributed by atoms with E-state index in [2.05, 4.69) is 0 Å². The van der Waals surface area contributed by atoms with Gasteiger partial charge in [-0.25, -0.2) is 4.39 Å². The van der Waals surface area contributed by atoms with Crippen molar-refractivity contribution in [3.05, 3.63) is 11.1 Å². The second-order valence-electron chi connectivity index (χ2n) is 2.98. The van der Waals surface area contributed by atoms with Crippen LogP contribution in [0.25, 0.3) is 0 Å². The molecule has 0 aromatic rings. The first kappa shape index (κ1) is 16.4. The summed E-state index contributed by atoms with van der Waals surface area (Å²) in [7, 11) is -5.73. The Hall–Kier alpha value is -0.600. The second-order valence-corrected chi connectivity index (χ2v) is 4.61. The first-order valence-corrected chi connectivity index (χ1v) is 5.41. The Balaban J connectivity index is 5.32. The molecule has 0 aromatic carbocycles. The van der Waals surface area contributed by atoms with Crippen molar-refractivity contribution in [2.45, 2.75) is 25.2 Å². The quantitative estimate of drug-likeness (QED) is 0.619. The normalized spacial score (nSPS) is 15.8. The zero-order valence-electron chi connectivity index (χ0n) is 7.81. The van der Waals surface area contributed by atoms with Gasteiger partial charge in [-0.3, -0.25) is 4.57 Å². The smallest absolute Gasteiger partial charge is 0.321 e. The molecule has 0 aliphatic heterocycles. The molecule has 0 amide bonds. The zero-order valence-corrected chi connectivity index (χ0v) is 8.70. The summed E-state index contributed by atoms with van der Waals surface area (Å²) in [5.41, 5.74) is 0. The van der Waals surface area contributed by atoms with Crippen molar-refractivity contribution in [3.63, 3.8) is 0 Å². The fraction of sp³-hybridized carbons (Fsp3) is 0.667. The zero-order chi connectivity index (χ0) is 14.1. The Labute approximate surface area is 90.1 Å². The van der Waals surface area contributed by atoms with Gasteiger partial charge in [0.15, 0.2) is 0 Å². The van der Waals surface area contributed by atoms with E-state index in [1.54, 1.807) is 0 Å². The molecule has 0 aliphatic carbocycles. The van der Waals surface area contributed by atoms with E-state index in [-0.39, 0.29) is 0 Å². The summed E-state index contributed by atoms with van der Waals surface area (Å²) >= 11 is 0. The summed E-state index contributed by atoms with van der Waals surface area (Å²) in [6.45, 7) is 0. The van der Waals surface area contributed by atoms with Gasteiger partial charge in [0, 0.05) is 0 Å². The molecule has 0 unspecified atom stereocenters. The Bertz CT molecular complexity index is 350. The minimum atomic E-state index is -5.73. The van der Waals surface area contributed by atoms with Gasteiger partial charge in [-0.1, -0.05) is 0 Å². The van der Waals surface area contributed by atoms with Crippen LogP contribution in [0.5, 0.6) is 0 Å². The average Bonchev–Trinajstić information content (AvgIpc) is 1.92. The SMILES string of the molecule is O=P(O)(O)C(CC(F)(F)F)=C(F)CC(F)(F)F. The maximum absolute atomic E-state index is 12.8. The molecular formula is C6H6F7O3P. The molecule has 0 aromatic heterocycles. The van der Waals surface area contributed by atoms with Crippen LogP contribution < -0.4 is 0 Å². The van der Waals surface area contributed by atoms with Crippen molar-refractivity contribution < 1.29 is 45.1 Å². The second kappa shape index (κ2) is 4.95. The van der Waals surface area contributed by atoms with Gasteiger partial charge in [-0.2, -0.15) is 26.3 Å². The molecule has 0 heterocycles. The van der Waals surface area contributed by atoms with E-state index < -0.39 is 43.9 Å². The molecule has 17 heavy (non-hydrogen) atoms. The van der Waals surface area contributed by atoms with E-state index in [9.17, 15) is 35.3 Å². The van der Waals surface area contributed by atoms with Gasteiger partial charge in [-0.15, -0.1) is 0 Å². The summed E-state index contributed by atoms with van der Waals surface area (Å²) in [5, 5.41) is -2.19. The van der Waals surface area contributed by atoms with Gasteiger partial charge in [0.2, 0.25) is 0 Å². The van der Waals surface area contributed by atoms with Gasteiger partial charge < -0.3 is 9.79 Å². The van der Waals surface area contributed by atoms with Crippen molar-refractivity contribution >= 4 is 7.60 Å². The van der Waals surface area contributed by atoms with Gasteiger partial charge in [-0.05, 0) is 0 Å². The Morgan fingerprint density at radius 2 is 1.29 bits per heavy atom. The van der Waals surface area contributed by atoms with Crippen molar-refractivity contribution in [2.24, 2.45) is 0 Å². The molecular weight excluding hydrogens is 284 g/mol. The van der Waals surface area contributed by atoms with Gasteiger partial charge >= 0.3 is 19.9 Å². The van der Waals surface area contributed by atoms with Crippen LogP contribution in [0.15, 0.2) is 11.1 Å². The summed E-state index contributed by atoms with van der Waals surface area (Å²) < 4.78 is 93.7. The fourth-order valence-electron chi connectivity index (χ4n) is 0.825. The lowest BCUT2D eigenvalue weighted by molar-refractivity contribution is -0.134. The van der Waals surface area contributed by atoms with Crippen LogP contribution in [0, 0.1) is 0 Å². The lowest BCUT2D eigenvalue weighted by Crippen LogP contribution is -2.13. The van der Waals surface area contributed by atoms with E-state index in [1.165, 1.54) is 0 Å². The minimum Gasteiger partial charge on any atom is -0.321 e. The Morgan fingerprint density at radius 1 is 0.941 bits per heavy atom. The molecule has 3 nitrogen and oxygen atoms in total. The van der Waals surface area contributed by atoms with Crippen LogP contribution in [-0.4, -0.2) is 22.1 Å². The van der Waals surface area contributed by atoms with Crippen molar-refractivity contribution in [2.75, 3.05) is 0 Å². The molecule has 102 valence electrons. The van der Waals surface area contributed by atoms with Crippen LogP contribution >= 0.6 is 7.60 Å². The Morgan fingerprint density at radius 3 is 1.53 bits per heavy atom. The molecule has 0 fully saturated rings. The van der Waals surface area contributed by atoms with E-state index in [0.29, 0.717) is 0 Å². The maximum atomic E-state index is 12.8. The van der Waals surface area contributed by atoms with E-state index in [1.807, 2.05) is 0 Å². The number of rotatable bonds is 3. The third kappa shape index (κ3) is 7.35. The summed E-state index contributed by atoms with van der Waals surface area (Å²) in [6, 6.07) is 0. The number of allylic oxidation sites excluding steroid dienone is 2. The predicted molar refractivity (Wildman–Crippen MR) is 41.5 cm³/mol. The van der Waals surface area contributed by atoms with Crippen molar-refractivity contribution in [1.29, 1.82) is 0 Å². The van der Waals surface area contributed by atoms with Gasteiger partial charge in [0.25, 0.3) is 0 Å². The summed E-state index contributed by atoms with van der Waals surface area (Å²) in [4.78, 5) is 16.7. The molecule has 11 heteroatoms. The highest BCUT2D eigenvalue weighted by atomic mass is 31.2. The minimum absolute atomic E-state index is 2.19. The third-order valence-corrected chi connectivity index (χ3v) is 2.49. The maximum Gasteiger partial charge on any atom is 0.395 e. The molecule has 0 aliphatic rings. The van der Waals surface area contributed by atoms with E-state index >= 15 is 0 Å². The number of alkyl halides is 6. The standard InChI is InChI=1S/C6H6F7O3P/c7-3(1-5(8,9)10)4(17(14,15)16)2-6(11,12)13/h1-2H2,(H2,14,15,16). The number of hydrogen-bond acceptors (Lipinski definition) is 1. The first-order valence-electron chi connectivity index (χ1n) is 3.79. The van der Waals surface area contributed by atoms with E-state index in [4.69, 9.17) is 9.79 Å². The first-order chi connectivity index (χ1) is 7.22. The van der Waals surface area contributed by atoms with Gasteiger partial charge in [0.05, 0.1) is 18.2 Å². The fourth-order valence-corrected chi connectivity index (χ4v) is 1.61. The lowest BCUT2D eigenvalue weighted by atomic mass is 10.3. The van der Waals surface area contributed by atoms with Crippen molar-refractivity contribution in [3.8, 4) is 0 Å². The summed E-state index contributed by atoms with van der Waals surface area (Å²) in [5.74, 6) is -2.51. The third-order valence-electron chi connectivity index (χ3n) is 1.39. The number of halogens is 7. The predicted octanol–water partition coefficient (Wildman–Crippen LogP) is 3.25. The molecule has 0 spiro atoms. The monoisotopic (exact) mass is 290 g/mol. The highest BCUT2D eigenvalue weighted by Gasteiger charge is 2.40. The van der Waals surface area contributed by atoms with Crippen LogP contribution in [-0.2, 0) is 4.57 Å². The van der Waals surface area contributed by atoms with Crippen LogP contribution in [0.1, 0.15) is 12.8 Å². The van der Waals surface area contributed by atoms with Crippen LogP contribution in [0.4, 0.5) is 30.7 Å². The van der Waals surface area contributed by atoms with Crippen molar-refractivity contribution in [1.82, 2.24) is 0 Å².